The van der Waals surface area contributed by atoms with Gasteiger partial charge in [-0.3, -0.25) is 9.59 Å². The molecule has 1 heterocycles. The molecule has 0 aliphatic carbocycles. The van der Waals surface area contributed by atoms with Crippen LogP contribution in [0.5, 0.6) is 0 Å². The highest BCUT2D eigenvalue weighted by atomic mass is 16.3. The van der Waals surface area contributed by atoms with Crippen molar-refractivity contribution in [3.05, 3.63) is 35.4 Å². The Bertz CT molecular complexity index is 500. The molecule has 1 amide bonds. The van der Waals surface area contributed by atoms with E-state index in [1.807, 2.05) is 24.3 Å². The average Bonchev–Trinajstić information content (AvgIpc) is 2.44. The molecular formula is C14H17NO4. The maximum absolute atomic E-state index is 12.0. The predicted molar refractivity (Wildman–Crippen MR) is 68.3 cm³/mol. The molecule has 0 spiro atoms. The Labute approximate surface area is 111 Å². The van der Waals surface area contributed by atoms with Gasteiger partial charge in [-0.15, -0.1) is 0 Å². The molecule has 0 saturated heterocycles. The number of aliphatic hydroxyl groups excluding tert-OH is 2. The zero-order valence-electron chi connectivity index (χ0n) is 10.7. The number of Topliss-reactive ketones (excluding diaryl/α,β-unsaturated/α-hetero) is 1. The number of nitrogens with zero attached hydrogens (tertiary/aromatic N) is 1. The van der Waals surface area contributed by atoms with Crippen LogP contribution in [0.15, 0.2) is 24.3 Å². The van der Waals surface area contributed by atoms with Crippen LogP contribution < -0.4 is 0 Å². The quantitative estimate of drug-likeness (QED) is 0.797. The third-order valence-electron chi connectivity index (χ3n) is 3.41. The van der Waals surface area contributed by atoms with Gasteiger partial charge in [-0.25, -0.2) is 0 Å². The van der Waals surface area contributed by atoms with E-state index in [0.29, 0.717) is 19.5 Å². The predicted octanol–water partition coefficient (Wildman–Crippen LogP) is -0.118. The minimum atomic E-state index is -1.68. The van der Waals surface area contributed by atoms with E-state index < -0.39 is 23.9 Å². The van der Waals surface area contributed by atoms with E-state index in [9.17, 15) is 19.8 Å². The minimum absolute atomic E-state index is 0.399. The van der Waals surface area contributed by atoms with Gasteiger partial charge in [-0.2, -0.15) is 0 Å². The van der Waals surface area contributed by atoms with Crippen molar-refractivity contribution in [2.75, 3.05) is 6.54 Å². The number of carbonyl (C=O) groups is 2. The van der Waals surface area contributed by atoms with E-state index in [2.05, 4.69) is 0 Å². The fourth-order valence-corrected chi connectivity index (χ4v) is 2.23. The van der Waals surface area contributed by atoms with Crippen molar-refractivity contribution in [3.63, 3.8) is 0 Å². The van der Waals surface area contributed by atoms with Gasteiger partial charge in [0.1, 0.15) is 6.10 Å². The first-order chi connectivity index (χ1) is 9.00. The highest BCUT2D eigenvalue weighted by molar-refractivity contribution is 5.90. The van der Waals surface area contributed by atoms with Gasteiger partial charge in [0.25, 0.3) is 5.91 Å². The summed E-state index contributed by atoms with van der Waals surface area (Å²) < 4.78 is 0. The first-order valence-corrected chi connectivity index (χ1v) is 6.23. The van der Waals surface area contributed by atoms with E-state index in [1.165, 1.54) is 10.5 Å². The van der Waals surface area contributed by atoms with Gasteiger partial charge >= 0.3 is 0 Å². The normalized spacial score (nSPS) is 17.5. The van der Waals surface area contributed by atoms with E-state index in [0.717, 1.165) is 12.5 Å². The molecule has 0 fully saturated rings. The summed E-state index contributed by atoms with van der Waals surface area (Å²) in [6.07, 6.45) is -2.61. The van der Waals surface area contributed by atoms with Crippen molar-refractivity contribution >= 4 is 11.7 Å². The van der Waals surface area contributed by atoms with Crippen molar-refractivity contribution in [2.45, 2.75) is 32.1 Å². The van der Waals surface area contributed by atoms with Gasteiger partial charge < -0.3 is 15.1 Å². The Morgan fingerprint density at radius 3 is 2.42 bits per heavy atom. The summed E-state index contributed by atoms with van der Waals surface area (Å²) in [5.74, 6) is -1.21. The molecule has 2 N–H and O–H groups in total. The summed E-state index contributed by atoms with van der Waals surface area (Å²) in [5.41, 5.74) is 2.22. The number of hydrogen-bond acceptors (Lipinski definition) is 4. The molecular weight excluding hydrogens is 246 g/mol. The molecule has 0 saturated carbocycles. The van der Waals surface area contributed by atoms with Crippen LogP contribution in [0.2, 0.25) is 0 Å². The number of fused-ring (bicyclic) bond motifs is 1. The Morgan fingerprint density at radius 2 is 1.79 bits per heavy atom. The fraction of sp³-hybridized carbons (Fsp3) is 0.429. The average molecular weight is 263 g/mol. The Kier molecular flexibility index (Phi) is 3.97. The number of ketones is 1. The molecule has 0 bridgehead atoms. The first-order valence-electron chi connectivity index (χ1n) is 6.23. The molecule has 1 aromatic carbocycles. The van der Waals surface area contributed by atoms with Gasteiger partial charge in [0.15, 0.2) is 11.9 Å². The lowest BCUT2D eigenvalue weighted by Crippen LogP contribution is -2.48. The molecule has 0 radical (unpaired) electrons. The molecule has 2 rings (SSSR count). The second kappa shape index (κ2) is 5.50. The Morgan fingerprint density at radius 1 is 1.16 bits per heavy atom. The van der Waals surface area contributed by atoms with Crippen LogP contribution in [0.25, 0.3) is 0 Å². The van der Waals surface area contributed by atoms with Crippen LogP contribution in [-0.4, -0.2) is 45.6 Å². The Hall–Kier alpha value is -1.72. The van der Waals surface area contributed by atoms with E-state index in [-0.39, 0.29) is 0 Å². The second-order valence-electron chi connectivity index (χ2n) is 4.78. The van der Waals surface area contributed by atoms with Crippen LogP contribution in [0.4, 0.5) is 0 Å². The molecule has 19 heavy (non-hydrogen) atoms. The van der Waals surface area contributed by atoms with Crippen LogP contribution in [0.1, 0.15) is 18.1 Å². The van der Waals surface area contributed by atoms with Gasteiger partial charge in [0.05, 0.1) is 0 Å². The zero-order chi connectivity index (χ0) is 14.0. The highest BCUT2D eigenvalue weighted by Crippen LogP contribution is 2.19. The fourth-order valence-electron chi connectivity index (χ4n) is 2.23. The molecule has 1 aliphatic rings. The maximum Gasteiger partial charge on any atom is 0.254 e. The van der Waals surface area contributed by atoms with Crippen LogP contribution in [0.3, 0.4) is 0 Å². The molecule has 2 unspecified atom stereocenters. The van der Waals surface area contributed by atoms with Crippen molar-refractivity contribution in [1.29, 1.82) is 0 Å². The van der Waals surface area contributed by atoms with Crippen LogP contribution in [0, 0.1) is 0 Å². The zero-order valence-corrected chi connectivity index (χ0v) is 10.7. The molecule has 1 aliphatic heterocycles. The summed E-state index contributed by atoms with van der Waals surface area (Å²) in [4.78, 5) is 24.5. The van der Waals surface area contributed by atoms with Gasteiger partial charge in [0.2, 0.25) is 0 Å². The maximum atomic E-state index is 12.0. The van der Waals surface area contributed by atoms with Gasteiger partial charge in [-0.1, -0.05) is 24.3 Å². The number of carbonyl (C=O) groups excluding carboxylic acids is 2. The Balaban J connectivity index is 2.08. The lowest BCUT2D eigenvalue weighted by atomic mass is 9.99. The van der Waals surface area contributed by atoms with Crippen molar-refractivity contribution in [3.8, 4) is 0 Å². The van der Waals surface area contributed by atoms with Crippen LogP contribution in [-0.2, 0) is 22.6 Å². The molecule has 1 aromatic rings. The van der Waals surface area contributed by atoms with E-state index in [4.69, 9.17) is 0 Å². The minimum Gasteiger partial charge on any atom is -0.382 e. The standard InChI is InChI=1S/C14H17NO4/c1-9(16)12(17)13(18)14(19)15-7-6-10-4-2-3-5-11(10)8-15/h2-5,12-13,17-18H,6-8H2,1H3. The summed E-state index contributed by atoms with van der Waals surface area (Å²) in [6.45, 7) is 2.03. The van der Waals surface area contributed by atoms with Gasteiger partial charge in [0, 0.05) is 13.1 Å². The van der Waals surface area contributed by atoms with Crippen LogP contribution >= 0.6 is 0 Å². The molecule has 0 aromatic heterocycles. The van der Waals surface area contributed by atoms with Crippen molar-refractivity contribution in [2.24, 2.45) is 0 Å². The number of rotatable bonds is 3. The summed E-state index contributed by atoms with van der Waals surface area (Å²) in [5, 5.41) is 19.1. The lowest BCUT2D eigenvalue weighted by Gasteiger charge is -2.31. The second-order valence-corrected chi connectivity index (χ2v) is 4.78. The number of amides is 1. The summed E-state index contributed by atoms with van der Waals surface area (Å²) in [7, 11) is 0. The van der Waals surface area contributed by atoms with E-state index in [1.54, 1.807) is 0 Å². The molecule has 5 nitrogen and oxygen atoms in total. The SMILES string of the molecule is CC(=O)C(O)C(O)C(=O)N1CCc2ccccc2C1. The topological polar surface area (TPSA) is 77.8 Å². The first kappa shape index (κ1) is 13.7. The third-order valence-corrected chi connectivity index (χ3v) is 3.41. The monoisotopic (exact) mass is 263 g/mol. The highest BCUT2D eigenvalue weighted by Gasteiger charge is 2.32. The molecule has 5 heteroatoms. The number of benzene rings is 1. The lowest BCUT2D eigenvalue weighted by molar-refractivity contribution is -0.152. The van der Waals surface area contributed by atoms with Crippen molar-refractivity contribution < 1.29 is 19.8 Å². The largest absolute Gasteiger partial charge is 0.382 e. The molecule has 2 atom stereocenters. The smallest absolute Gasteiger partial charge is 0.254 e. The number of hydrogen-bond donors (Lipinski definition) is 2. The molecule has 102 valence electrons. The summed E-state index contributed by atoms with van der Waals surface area (Å²) >= 11 is 0. The van der Waals surface area contributed by atoms with E-state index >= 15 is 0 Å². The summed E-state index contributed by atoms with van der Waals surface area (Å²) in [6, 6.07) is 7.79. The van der Waals surface area contributed by atoms with Gasteiger partial charge in [-0.05, 0) is 24.5 Å². The third kappa shape index (κ3) is 2.83. The van der Waals surface area contributed by atoms with Crippen molar-refractivity contribution in [1.82, 2.24) is 4.90 Å². The number of aliphatic hydroxyl groups is 2.